The van der Waals surface area contributed by atoms with Crippen LogP contribution in [0.1, 0.15) is 99.3 Å². The summed E-state index contributed by atoms with van der Waals surface area (Å²) in [6, 6.07) is 0. The van der Waals surface area contributed by atoms with E-state index in [-0.39, 0.29) is 0 Å². The molecule has 8 atom stereocenters. The Morgan fingerprint density at radius 1 is 1.03 bits per heavy atom. The van der Waals surface area contributed by atoms with Gasteiger partial charge in [0.15, 0.2) is 0 Å². The summed E-state index contributed by atoms with van der Waals surface area (Å²) in [6.45, 7) is 14.8. The summed E-state index contributed by atoms with van der Waals surface area (Å²) >= 11 is 0. The largest absolute Gasteiger partial charge is 0.411 e. The number of fused-ring (bicyclic) bond motifs is 5. The van der Waals surface area contributed by atoms with Gasteiger partial charge in [-0.3, -0.25) is 0 Å². The first-order chi connectivity index (χ1) is 14.7. The van der Waals surface area contributed by atoms with E-state index in [2.05, 4.69) is 64.9 Å². The fraction of sp³-hybridized carbons (Fsp3) is 0.828. The number of rotatable bonds is 5. The van der Waals surface area contributed by atoms with E-state index < -0.39 is 0 Å². The second kappa shape index (κ2) is 8.71. The van der Waals surface area contributed by atoms with Crippen LogP contribution in [0.15, 0.2) is 29.0 Å². The molecule has 0 saturated heterocycles. The van der Waals surface area contributed by atoms with E-state index in [1.807, 2.05) is 0 Å². The molecular formula is C29H47NO. The van der Waals surface area contributed by atoms with Crippen molar-refractivity contribution in [1.29, 1.82) is 0 Å². The summed E-state index contributed by atoms with van der Waals surface area (Å²) in [5.41, 5.74) is 3.35. The molecule has 0 radical (unpaired) electrons. The minimum atomic E-state index is 0.341. The molecule has 0 aromatic rings. The molecule has 2 nitrogen and oxygen atoms in total. The van der Waals surface area contributed by atoms with Gasteiger partial charge in [0.25, 0.3) is 0 Å². The second-order valence-electron chi connectivity index (χ2n) is 12.4. The van der Waals surface area contributed by atoms with Gasteiger partial charge in [0.1, 0.15) is 0 Å². The third kappa shape index (κ3) is 3.84. The SMILES string of the molecule is CCC(/C=C/[C@@H](C)[C@H]1CC[C@H]2[C@@H]3CCC4=C/C(=N/O)CC[C@]4(C)[C@H]3CC[C@]12C)C(C)C. The molecular weight excluding hydrogens is 378 g/mol. The summed E-state index contributed by atoms with van der Waals surface area (Å²) in [5, 5.41) is 12.8. The monoisotopic (exact) mass is 425 g/mol. The molecule has 4 rings (SSSR count). The van der Waals surface area contributed by atoms with Crippen molar-refractivity contribution in [2.75, 3.05) is 0 Å². The number of nitrogens with zero attached hydrogens (tertiary/aromatic N) is 1. The van der Waals surface area contributed by atoms with E-state index in [9.17, 15) is 5.21 Å². The van der Waals surface area contributed by atoms with Crippen LogP contribution in [0.3, 0.4) is 0 Å². The Hall–Kier alpha value is -1.05. The van der Waals surface area contributed by atoms with Crippen LogP contribution in [0.5, 0.6) is 0 Å². The number of allylic oxidation sites excluding steroid dienone is 4. The Morgan fingerprint density at radius 2 is 1.81 bits per heavy atom. The Bertz CT molecular complexity index is 748. The molecule has 0 bridgehead atoms. The van der Waals surface area contributed by atoms with Crippen molar-refractivity contribution in [3.8, 4) is 0 Å². The van der Waals surface area contributed by atoms with Gasteiger partial charge in [-0.2, -0.15) is 0 Å². The van der Waals surface area contributed by atoms with Gasteiger partial charge in [-0.25, -0.2) is 0 Å². The van der Waals surface area contributed by atoms with Gasteiger partial charge in [-0.05, 0) is 116 Å². The maximum absolute atomic E-state index is 9.30. The van der Waals surface area contributed by atoms with Crippen LogP contribution < -0.4 is 0 Å². The molecule has 31 heavy (non-hydrogen) atoms. The van der Waals surface area contributed by atoms with Crippen molar-refractivity contribution in [3.63, 3.8) is 0 Å². The maximum atomic E-state index is 9.30. The highest BCUT2D eigenvalue weighted by atomic mass is 16.4. The van der Waals surface area contributed by atoms with Crippen LogP contribution in [-0.2, 0) is 0 Å². The summed E-state index contributed by atoms with van der Waals surface area (Å²) < 4.78 is 0. The minimum absolute atomic E-state index is 0.341. The van der Waals surface area contributed by atoms with Crippen LogP contribution in [-0.4, -0.2) is 10.9 Å². The molecule has 4 aliphatic rings. The van der Waals surface area contributed by atoms with Crippen LogP contribution >= 0.6 is 0 Å². The van der Waals surface area contributed by atoms with Gasteiger partial charge in [0, 0.05) is 0 Å². The molecule has 3 saturated carbocycles. The standard InChI is InChI=1S/C29H47NO/c1-7-21(19(2)3)9-8-20(4)25-12-13-26-24-11-10-22-18-23(30-31)14-16-28(22,5)27(24)15-17-29(25,26)6/h8-9,18-21,24-27,31H,7,10-17H2,1-6H3/b9-8+,30-23+/t20-,21?,24+,25-,26+,27+,28+,29-/m1/s1. The van der Waals surface area contributed by atoms with Gasteiger partial charge >= 0.3 is 0 Å². The molecule has 174 valence electrons. The molecule has 3 fully saturated rings. The molecule has 0 aliphatic heterocycles. The third-order valence-corrected chi connectivity index (χ3v) is 10.8. The van der Waals surface area contributed by atoms with Crippen molar-refractivity contribution < 1.29 is 5.21 Å². The molecule has 0 amide bonds. The lowest BCUT2D eigenvalue weighted by Crippen LogP contribution is -2.50. The lowest BCUT2D eigenvalue weighted by molar-refractivity contribution is -0.0538. The van der Waals surface area contributed by atoms with Crippen molar-refractivity contribution in [1.82, 2.24) is 0 Å². The minimum Gasteiger partial charge on any atom is -0.411 e. The third-order valence-electron chi connectivity index (χ3n) is 10.8. The van der Waals surface area contributed by atoms with E-state index in [4.69, 9.17) is 0 Å². The van der Waals surface area contributed by atoms with Gasteiger partial charge in [-0.1, -0.05) is 64.4 Å². The lowest BCUT2D eigenvalue weighted by Gasteiger charge is -2.58. The first-order valence-electron chi connectivity index (χ1n) is 13.3. The van der Waals surface area contributed by atoms with Crippen molar-refractivity contribution in [3.05, 3.63) is 23.8 Å². The van der Waals surface area contributed by atoms with E-state index >= 15 is 0 Å². The predicted octanol–water partition coefficient (Wildman–Crippen LogP) is 8.27. The van der Waals surface area contributed by atoms with Crippen LogP contribution in [0.2, 0.25) is 0 Å². The zero-order valence-corrected chi connectivity index (χ0v) is 21.0. The van der Waals surface area contributed by atoms with Crippen LogP contribution in [0, 0.1) is 52.3 Å². The highest BCUT2D eigenvalue weighted by molar-refractivity contribution is 5.96. The number of hydrogen-bond acceptors (Lipinski definition) is 2. The fourth-order valence-corrected chi connectivity index (χ4v) is 8.84. The number of hydrogen-bond donors (Lipinski definition) is 1. The topological polar surface area (TPSA) is 32.6 Å². The zero-order chi connectivity index (χ0) is 22.4. The van der Waals surface area contributed by atoms with Gasteiger partial charge in [-0.15, -0.1) is 0 Å². The smallest absolute Gasteiger partial charge is 0.0795 e. The van der Waals surface area contributed by atoms with Crippen LogP contribution in [0.4, 0.5) is 0 Å². The summed E-state index contributed by atoms with van der Waals surface area (Å²) in [4.78, 5) is 0. The number of oxime groups is 1. The fourth-order valence-electron chi connectivity index (χ4n) is 8.84. The molecule has 0 heterocycles. The highest BCUT2D eigenvalue weighted by Gasteiger charge is 2.59. The van der Waals surface area contributed by atoms with Crippen molar-refractivity contribution in [2.24, 2.45) is 57.4 Å². The molecule has 0 aromatic carbocycles. The average molecular weight is 426 g/mol. The van der Waals surface area contributed by atoms with Crippen molar-refractivity contribution >= 4 is 5.71 Å². The Labute approximate surface area is 191 Å². The zero-order valence-electron chi connectivity index (χ0n) is 21.0. The molecule has 4 aliphatic carbocycles. The van der Waals surface area contributed by atoms with E-state index in [1.54, 1.807) is 5.57 Å². The first-order valence-corrected chi connectivity index (χ1v) is 13.3. The first kappa shape index (κ1) is 23.1. The predicted molar refractivity (Wildman–Crippen MR) is 131 cm³/mol. The van der Waals surface area contributed by atoms with E-state index in [0.717, 1.165) is 47.6 Å². The quantitative estimate of drug-likeness (QED) is 0.268. The van der Waals surface area contributed by atoms with E-state index in [0.29, 0.717) is 16.7 Å². The summed E-state index contributed by atoms with van der Waals surface area (Å²) in [5.74, 6) is 5.66. The van der Waals surface area contributed by atoms with Gasteiger partial charge in [0.2, 0.25) is 0 Å². The Morgan fingerprint density at radius 3 is 2.48 bits per heavy atom. The summed E-state index contributed by atoms with van der Waals surface area (Å²) in [6.07, 6.45) is 19.0. The van der Waals surface area contributed by atoms with Crippen molar-refractivity contribution in [2.45, 2.75) is 99.3 Å². The lowest BCUT2D eigenvalue weighted by atomic mass is 9.46. The molecule has 1 unspecified atom stereocenters. The van der Waals surface area contributed by atoms with Crippen LogP contribution in [0.25, 0.3) is 0 Å². The Balaban J connectivity index is 1.52. The second-order valence-corrected chi connectivity index (χ2v) is 12.4. The summed E-state index contributed by atoms with van der Waals surface area (Å²) in [7, 11) is 0. The van der Waals surface area contributed by atoms with E-state index in [1.165, 1.54) is 51.4 Å². The maximum Gasteiger partial charge on any atom is 0.0795 e. The normalized spacial score (nSPS) is 43.5. The highest BCUT2D eigenvalue weighted by Crippen LogP contribution is 2.67. The van der Waals surface area contributed by atoms with Gasteiger partial charge in [0.05, 0.1) is 5.71 Å². The van der Waals surface area contributed by atoms with Gasteiger partial charge < -0.3 is 5.21 Å². The molecule has 0 aromatic heterocycles. The molecule has 2 heteroatoms. The average Bonchev–Trinajstić information content (AvgIpc) is 3.10. The molecule has 1 N–H and O–H groups in total. The molecule has 0 spiro atoms. The Kier molecular flexibility index (Phi) is 6.50.